The zero-order chi connectivity index (χ0) is 13.8. The summed E-state index contributed by atoms with van der Waals surface area (Å²) < 4.78 is 0. The Kier molecular flexibility index (Phi) is 4.37. The normalized spacial score (nSPS) is 15.7. The quantitative estimate of drug-likeness (QED) is 0.656. The highest BCUT2D eigenvalue weighted by molar-refractivity contribution is 5.65. The van der Waals surface area contributed by atoms with Crippen molar-refractivity contribution in [2.24, 2.45) is 0 Å². The Bertz CT molecular complexity index is 456. The second-order valence-corrected chi connectivity index (χ2v) is 4.96. The van der Waals surface area contributed by atoms with E-state index in [4.69, 9.17) is 5.11 Å². The summed E-state index contributed by atoms with van der Waals surface area (Å²) in [5.41, 5.74) is 1.36. The van der Waals surface area contributed by atoms with Crippen molar-refractivity contribution in [3.05, 3.63) is 33.9 Å². The van der Waals surface area contributed by atoms with Crippen LogP contribution in [0.3, 0.4) is 0 Å². The number of nitro groups is 1. The van der Waals surface area contributed by atoms with Crippen LogP contribution in [0.1, 0.15) is 38.2 Å². The summed E-state index contributed by atoms with van der Waals surface area (Å²) in [5, 5.41) is 20.3. The van der Waals surface area contributed by atoms with E-state index in [0.717, 1.165) is 19.4 Å². The number of hydrogen-bond donors (Lipinski definition) is 1. The van der Waals surface area contributed by atoms with E-state index < -0.39 is 0 Å². The minimum absolute atomic E-state index is 0.0975. The summed E-state index contributed by atoms with van der Waals surface area (Å²) in [6.07, 6.45) is 4.60. The fraction of sp³-hybridized carbons (Fsp3) is 0.571. The zero-order valence-electron chi connectivity index (χ0n) is 11.2. The minimum atomic E-state index is -0.355. The summed E-state index contributed by atoms with van der Waals surface area (Å²) in [5.74, 6) is 0. The van der Waals surface area contributed by atoms with E-state index >= 15 is 0 Å². The Morgan fingerprint density at radius 3 is 2.63 bits per heavy atom. The average Bonchev–Trinajstić information content (AvgIpc) is 2.93. The van der Waals surface area contributed by atoms with Gasteiger partial charge in [0.1, 0.15) is 5.69 Å². The molecule has 1 aliphatic rings. The van der Waals surface area contributed by atoms with E-state index in [0.29, 0.717) is 17.3 Å². The van der Waals surface area contributed by atoms with Gasteiger partial charge in [-0.05, 0) is 31.4 Å². The first-order chi connectivity index (χ1) is 9.17. The SMILES string of the molecule is CCN(c1ccc(CO)cc1[N+](=O)[O-])C1CCCC1. The molecule has 5 heteroatoms. The van der Waals surface area contributed by atoms with Crippen LogP contribution in [0.4, 0.5) is 11.4 Å². The van der Waals surface area contributed by atoms with Crippen LogP contribution in [0, 0.1) is 10.1 Å². The number of hydrogen-bond acceptors (Lipinski definition) is 4. The van der Waals surface area contributed by atoms with Gasteiger partial charge in [-0.2, -0.15) is 0 Å². The zero-order valence-corrected chi connectivity index (χ0v) is 11.2. The Balaban J connectivity index is 2.38. The highest BCUT2D eigenvalue weighted by Gasteiger charge is 2.27. The molecule has 1 N–H and O–H groups in total. The summed E-state index contributed by atoms with van der Waals surface area (Å²) >= 11 is 0. The maximum Gasteiger partial charge on any atom is 0.292 e. The van der Waals surface area contributed by atoms with E-state index in [1.165, 1.54) is 18.9 Å². The molecule has 0 heterocycles. The van der Waals surface area contributed by atoms with Crippen LogP contribution in [0.25, 0.3) is 0 Å². The van der Waals surface area contributed by atoms with Crippen LogP contribution in [-0.2, 0) is 6.61 Å². The summed E-state index contributed by atoms with van der Waals surface area (Å²) in [4.78, 5) is 13.0. The van der Waals surface area contributed by atoms with Gasteiger partial charge in [0, 0.05) is 18.7 Å². The van der Waals surface area contributed by atoms with Crippen molar-refractivity contribution in [3.63, 3.8) is 0 Å². The van der Waals surface area contributed by atoms with Crippen LogP contribution in [-0.4, -0.2) is 22.6 Å². The first-order valence-corrected chi connectivity index (χ1v) is 6.82. The number of rotatable bonds is 5. The van der Waals surface area contributed by atoms with Gasteiger partial charge in [0.2, 0.25) is 0 Å². The maximum absolute atomic E-state index is 11.2. The summed E-state index contributed by atoms with van der Waals surface area (Å²) in [7, 11) is 0. The molecule has 0 bridgehead atoms. The molecule has 1 fully saturated rings. The van der Waals surface area contributed by atoms with Crippen LogP contribution >= 0.6 is 0 Å². The van der Waals surface area contributed by atoms with Gasteiger partial charge in [-0.25, -0.2) is 0 Å². The molecule has 0 unspecified atom stereocenters. The molecule has 104 valence electrons. The van der Waals surface area contributed by atoms with Gasteiger partial charge >= 0.3 is 0 Å². The molecule has 0 radical (unpaired) electrons. The molecule has 0 aromatic heterocycles. The number of nitro benzene ring substituents is 1. The number of nitrogens with zero attached hydrogens (tertiary/aromatic N) is 2. The van der Waals surface area contributed by atoms with Crippen molar-refractivity contribution in [1.82, 2.24) is 0 Å². The van der Waals surface area contributed by atoms with E-state index in [9.17, 15) is 10.1 Å². The molecule has 0 amide bonds. The first-order valence-electron chi connectivity index (χ1n) is 6.82. The fourth-order valence-electron chi connectivity index (χ4n) is 2.90. The van der Waals surface area contributed by atoms with Crippen LogP contribution in [0.15, 0.2) is 18.2 Å². The lowest BCUT2D eigenvalue weighted by atomic mass is 10.1. The van der Waals surface area contributed by atoms with Crippen LogP contribution in [0.5, 0.6) is 0 Å². The lowest BCUT2D eigenvalue weighted by Crippen LogP contribution is -2.33. The van der Waals surface area contributed by atoms with Gasteiger partial charge in [-0.3, -0.25) is 10.1 Å². The lowest BCUT2D eigenvalue weighted by Gasteiger charge is -2.29. The predicted octanol–water partition coefficient (Wildman–Crippen LogP) is 2.86. The predicted molar refractivity (Wildman–Crippen MR) is 74.3 cm³/mol. The molecule has 0 saturated heterocycles. The third-order valence-corrected chi connectivity index (χ3v) is 3.83. The van der Waals surface area contributed by atoms with Crippen molar-refractivity contribution >= 4 is 11.4 Å². The molecule has 2 rings (SSSR count). The summed E-state index contributed by atoms with van der Waals surface area (Å²) in [6.45, 7) is 2.63. The monoisotopic (exact) mass is 264 g/mol. The molecular weight excluding hydrogens is 244 g/mol. The van der Waals surface area contributed by atoms with E-state index in [1.54, 1.807) is 12.1 Å². The van der Waals surface area contributed by atoms with Crippen molar-refractivity contribution in [2.45, 2.75) is 45.3 Å². The van der Waals surface area contributed by atoms with Crippen LogP contribution < -0.4 is 4.90 Å². The second kappa shape index (κ2) is 6.02. The molecule has 0 spiro atoms. The molecule has 5 nitrogen and oxygen atoms in total. The second-order valence-electron chi connectivity index (χ2n) is 4.96. The smallest absolute Gasteiger partial charge is 0.292 e. The largest absolute Gasteiger partial charge is 0.392 e. The molecule has 1 aromatic rings. The average molecular weight is 264 g/mol. The van der Waals surface area contributed by atoms with Crippen LogP contribution in [0.2, 0.25) is 0 Å². The molecule has 1 saturated carbocycles. The molecular formula is C14H20N2O3. The Labute approximate surface area is 113 Å². The third kappa shape index (κ3) is 2.87. The lowest BCUT2D eigenvalue weighted by molar-refractivity contribution is -0.384. The van der Waals surface area contributed by atoms with Gasteiger partial charge in [-0.1, -0.05) is 18.9 Å². The summed E-state index contributed by atoms with van der Waals surface area (Å²) in [6, 6.07) is 5.42. The van der Waals surface area contributed by atoms with Gasteiger partial charge in [-0.15, -0.1) is 0 Å². The molecule has 19 heavy (non-hydrogen) atoms. The molecule has 0 atom stereocenters. The molecule has 1 aromatic carbocycles. The first kappa shape index (κ1) is 13.8. The number of aliphatic hydroxyl groups is 1. The Hall–Kier alpha value is -1.62. The van der Waals surface area contributed by atoms with E-state index in [2.05, 4.69) is 4.90 Å². The van der Waals surface area contributed by atoms with E-state index in [1.807, 2.05) is 6.92 Å². The van der Waals surface area contributed by atoms with E-state index in [-0.39, 0.29) is 17.2 Å². The Morgan fingerprint density at radius 2 is 2.11 bits per heavy atom. The van der Waals surface area contributed by atoms with Crippen molar-refractivity contribution in [3.8, 4) is 0 Å². The van der Waals surface area contributed by atoms with Crippen molar-refractivity contribution < 1.29 is 10.0 Å². The number of aliphatic hydroxyl groups excluding tert-OH is 1. The maximum atomic E-state index is 11.2. The van der Waals surface area contributed by atoms with Gasteiger partial charge < -0.3 is 10.0 Å². The standard InChI is InChI=1S/C14H20N2O3/c1-2-15(12-5-3-4-6-12)13-8-7-11(10-17)9-14(13)16(18)19/h7-9,12,17H,2-6,10H2,1H3. The number of anilines is 1. The van der Waals surface area contributed by atoms with Crippen molar-refractivity contribution in [2.75, 3.05) is 11.4 Å². The third-order valence-electron chi connectivity index (χ3n) is 3.83. The van der Waals surface area contributed by atoms with Gasteiger partial charge in [0.05, 0.1) is 11.5 Å². The highest BCUT2D eigenvalue weighted by atomic mass is 16.6. The van der Waals surface area contributed by atoms with Gasteiger partial charge in [0.25, 0.3) is 5.69 Å². The fourth-order valence-corrected chi connectivity index (χ4v) is 2.90. The Morgan fingerprint density at radius 1 is 1.42 bits per heavy atom. The molecule has 1 aliphatic carbocycles. The number of benzene rings is 1. The topological polar surface area (TPSA) is 66.6 Å². The highest BCUT2D eigenvalue weighted by Crippen LogP contribution is 2.34. The minimum Gasteiger partial charge on any atom is -0.392 e. The molecule has 0 aliphatic heterocycles. The van der Waals surface area contributed by atoms with Gasteiger partial charge in [0.15, 0.2) is 0 Å². The van der Waals surface area contributed by atoms with Crippen molar-refractivity contribution in [1.29, 1.82) is 0 Å².